The highest BCUT2D eigenvalue weighted by Crippen LogP contribution is 2.48. The summed E-state index contributed by atoms with van der Waals surface area (Å²) in [5.41, 5.74) is 3.60. The molecule has 1 unspecified atom stereocenters. The van der Waals surface area contributed by atoms with E-state index < -0.39 is 5.63 Å². The Morgan fingerprint density at radius 3 is 2.62 bits per heavy atom. The van der Waals surface area contributed by atoms with Crippen LogP contribution in [0.1, 0.15) is 28.4 Å². The van der Waals surface area contributed by atoms with Crippen LogP contribution in [0.15, 0.2) is 79.8 Å². The highest BCUT2D eigenvalue weighted by Gasteiger charge is 2.27. The lowest BCUT2D eigenvalue weighted by Gasteiger charge is -2.19. The first kappa shape index (κ1) is 22.1. The van der Waals surface area contributed by atoms with Gasteiger partial charge in [-0.25, -0.2) is 4.79 Å². The number of aromatic hydroxyl groups is 1. The number of hydrogen-bond donors (Lipinski definition) is 1. The van der Waals surface area contributed by atoms with Crippen LogP contribution in [0.5, 0.6) is 17.2 Å². The van der Waals surface area contributed by atoms with Crippen molar-refractivity contribution in [2.24, 2.45) is 4.99 Å². The minimum absolute atomic E-state index is 0.0236. The van der Waals surface area contributed by atoms with Gasteiger partial charge in [0.25, 0.3) is 0 Å². The number of fused-ring (bicyclic) bond motifs is 2. The molecule has 0 fully saturated rings. The summed E-state index contributed by atoms with van der Waals surface area (Å²) < 4.78 is 16.5. The number of phenolic OH excluding ortho intramolecular Hbond substituents is 1. The van der Waals surface area contributed by atoms with E-state index in [0.29, 0.717) is 34.8 Å². The predicted octanol–water partition coefficient (Wildman–Crippen LogP) is 6.18. The van der Waals surface area contributed by atoms with Crippen molar-refractivity contribution < 1.29 is 19.0 Å². The van der Waals surface area contributed by atoms with Crippen molar-refractivity contribution in [1.82, 2.24) is 0 Å². The first-order chi connectivity index (χ1) is 16.5. The van der Waals surface area contributed by atoms with Crippen molar-refractivity contribution in [2.75, 3.05) is 14.2 Å². The molecule has 6 nitrogen and oxygen atoms in total. The second kappa shape index (κ2) is 8.91. The highest BCUT2D eigenvalue weighted by atomic mass is 32.2. The molecular weight excluding hydrogens is 450 g/mol. The standard InChI is InChI=1S/C27H23NO5S/c1-15-12-25(30)33-27-17(15)9-10-20(29)26(27)19-14-24(34-23-7-5-4-6-18(23)28-19)16-8-11-21(31-2)22(13-16)32-3/h4-13,24,29H,14H2,1-3H3. The van der Waals surface area contributed by atoms with Crippen LogP contribution in [-0.4, -0.2) is 25.0 Å². The third-order valence-electron chi connectivity index (χ3n) is 5.93. The summed E-state index contributed by atoms with van der Waals surface area (Å²) in [5, 5.41) is 11.6. The van der Waals surface area contributed by atoms with Crippen molar-refractivity contribution in [3.8, 4) is 17.2 Å². The van der Waals surface area contributed by atoms with Gasteiger partial charge in [0.2, 0.25) is 0 Å². The number of rotatable bonds is 4. The van der Waals surface area contributed by atoms with Gasteiger partial charge >= 0.3 is 5.63 Å². The van der Waals surface area contributed by atoms with Crippen LogP contribution in [0.2, 0.25) is 0 Å². The summed E-state index contributed by atoms with van der Waals surface area (Å²) in [7, 11) is 3.22. The smallest absolute Gasteiger partial charge is 0.336 e. The Morgan fingerprint density at radius 1 is 1.03 bits per heavy atom. The molecule has 1 aliphatic rings. The van der Waals surface area contributed by atoms with E-state index in [2.05, 4.69) is 0 Å². The fourth-order valence-corrected chi connectivity index (χ4v) is 5.48. The number of thioether (sulfide) groups is 1. The molecule has 0 amide bonds. The van der Waals surface area contributed by atoms with E-state index in [-0.39, 0.29) is 11.0 Å². The van der Waals surface area contributed by atoms with Gasteiger partial charge in [0.1, 0.15) is 5.75 Å². The zero-order valence-electron chi connectivity index (χ0n) is 19.0. The Kier molecular flexibility index (Phi) is 5.79. The van der Waals surface area contributed by atoms with Crippen molar-refractivity contribution in [3.05, 3.63) is 87.8 Å². The van der Waals surface area contributed by atoms with Crippen molar-refractivity contribution in [2.45, 2.75) is 23.5 Å². The zero-order chi connectivity index (χ0) is 23.8. The monoisotopic (exact) mass is 473 g/mol. The molecule has 0 radical (unpaired) electrons. The lowest BCUT2D eigenvalue weighted by Crippen LogP contribution is -2.09. The largest absolute Gasteiger partial charge is 0.507 e. The van der Waals surface area contributed by atoms with E-state index in [0.717, 1.165) is 27.1 Å². The van der Waals surface area contributed by atoms with Crippen LogP contribution in [-0.2, 0) is 0 Å². The molecule has 1 atom stereocenters. The minimum Gasteiger partial charge on any atom is -0.507 e. The van der Waals surface area contributed by atoms with Crippen LogP contribution in [0.25, 0.3) is 11.0 Å². The van der Waals surface area contributed by atoms with Gasteiger partial charge in [-0.2, -0.15) is 0 Å². The number of aliphatic imine (C=N–C) groups is 1. The maximum Gasteiger partial charge on any atom is 0.336 e. The molecule has 0 bridgehead atoms. The molecule has 2 heterocycles. The summed E-state index contributed by atoms with van der Waals surface area (Å²) in [6.45, 7) is 1.85. The number of para-hydroxylation sites is 1. The number of phenols is 1. The van der Waals surface area contributed by atoms with Gasteiger partial charge in [-0.15, -0.1) is 11.8 Å². The van der Waals surface area contributed by atoms with Crippen LogP contribution < -0.4 is 15.1 Å². The third-order valence-corrected chi connectivity index (χ3v) is 7.26. The molecule has 0 spiro atoms. The van der Waals surface area contributed by atoms with Gasteiger partial charge < -0.3 is 19.0 Å². The molecule has 4 aromatic rings. The van der Waals surface area contributed by atoms with Gasteiger partial charge in [-0.05, 0) is 54.4 Å². The summed E-state index contributed by atoms with van der Waals surface area (Å²) >= 11 is 1.69. The van der Waals surface area contributed by atoms with Gasteiger partial charge in [0.15, 0.2) is 17.1 Å². The molecule has 0 saturated carbocycles. The molecule has 0 aliphatic carbocycles. The fraction of sp³-hybridized carbons (Fsp3) is 0.185. The maximum absolute atomic E-state index is 12.2. The number of nitrogens with zero attached hydrogens (tertiary/aromatic N) is 1. The second-order valence-electron chi connectivity index (χ2n) is 8.04. The van der Waals surface area contributed by atoms with Crippen molar-refractivity contribution >= 4 is 34.1 Å². The minimum atomic E-state index is -0.461. The quantitative estimate of drug-likeness (QED) is 0.356. The second-order valence-corrected chi connectivity index (χ2v) is 9.28. The molecule has 1 N–H and O–H groups in total. The number of hydrogen-bond acceptors (Lipinski definition) is 7. The topological polar surface area (TPSA) is 81.3 Å². The Bertz CT molecular complexity index is 1490. The summed E-state index contributed by atoms with van der Waals surface area (Å²) in [4.78, 5) is 18.2. The number of methoxy groups -OCH3 is 2. The predicted molar refractivity (Wildman–Crippen MR) is 134 cm³/mol. The first-order valence-electron chi connectivity index (χ1n) is 10.8. The Labute approximate surface area is 200 Å². The van der Waals surface area contributed by atoms with Crippen LogP contribution in [0.4, 0.5) is 5.69 Å². The number of ether oxygens (including phenoxy) is 2. The van der Waals surface area contributed by atoms with Crippen LogP contribution >= 0.6 is 11.8 Å². The summed E-state index contributed by atoms with van der Waals surface area (Å²) in [6.07, 6.45) is 0.499. The Hall–Kier alpha value is -3.71. The van der Waals surface area contributed by atoms with Gasteiger partial charge in [-0.3, -0.25) is 4.99 Å². The first-order valence-corrected chi connectivity index (χ1v) is 11.7. The number of benzene rings is 3. The third kappa shape index (κ3) is 3.92. The van der Waals surface area contributed by atoms with E-state index in [1.165, 1.54) is 6.07 Å². The van der Waals surface area contributed by atoms with E-state index in [9.17, 15) is 9.90 Å². The normalized spacial score (nSPS) is 15.4. The highest BCUT2D eigenvalue weighted by molar-refractivity contribution is 7.99. The molecule has 34 heavy (non-hydrogen) atoms. The maximum atomic E-state index is 12.2. The molecule has 172 valence electrons. The van der Waals surface area contributed by atoms with Crippen molar-refractivity contribution in [1.29, 1.82) is 0 Å². The van der Waals surface area contributed by atoms with Crippen LogP contribution in [0, 0.1) is 6.92 Å². The lowest BCUT2D eigenvalue weighted by molar-refractivity contribution is 0.354. The summed E-state index contributed by atoms with van der Waals surface area (Å²) in [5.74, 6) is 1.32. The summed E-state index contributed by atoms with van der Waals surface area (Å²) in [6, 6.07) is 18.6. The van der Waals surface area contributed by atoms with E-state index in [1.54, 1.807) is 38.1 Å². The SMILES string of the molecule is COc1ccc(C2CC(c3c(O)ccc4c(C)cc(=O)oc34)=Nc3ccccc3S2)cc1OC. The average molecular weight is 474 g/mol. The Morgan fingerprint density at radius 2 is 1.82 bits per heavy atom. The van der Waals surface area contributed by atoms with Gasteiger partial charge in [0.05, 0.1) is 31.2 Å². The molecule has 7 heteroatoms. The lowest BCUT2D eigenvalue weighted by atomic mass is 9.97. The van der Waals surface area contributed by atoms with Crippen LogP contribution in [0.3, 0.4) is 0 Å². The molecule has 1 aliphatic heterocycles. The zero-order valence-corrected chi connectivity index (χ0v) is 19.8. The molecule has 0 saturated heterocycles. The van der Waals surface area contributed by atoms with E-state index in [4.69, 9.17) is 18.9 Å². The fourth-order valence-electron chi connectivity index (χ4n) is 4.26. The molecule has 3 aromatic carbocycles. The van der Waals surface area contributed by atoms with Gasteiger partial charge in [0, 0.05) is 28.0 Å². The molecule has 1 aromatic heterocycles. The van der Waals surface area contributed by atoms with Crippen molar-refractivity contribution in [3.63, 3.8) is 0 Å². The van der Waals surface area contributed by atoms with E-state index >= 15 is 0 Å². The Balaban J connectivity index is 1.71. The molecule has 5 rings (SSSR count). The van der Waals surface area contributed by atoms with Gasteiger partial charge in [-0.1, -0.05) is 18.2 Å². The number of aryl methyl sites for hydroxylation is 1. The molecular formula is C27H23NO5S. The average Bonchev–Trinajstić information content (AvgIpc) is 3.02. The van der Waals surface area contributed by atoms with E-state index in [1.807, 2.05) is 49.4 Å².